The largest absolute Gasteiger partial charge is 0.493 e. The van der Waals surface area contributed by atoms with Crippen LogP contribution in [0.4, 0.5) is 11.4 Å². The van der Waals surface area contributed by atoms with Gasteiger partial charge in [-0.25, -0.2) is 4.98 Å². The fourth-order valence-corrected chi connectivity index (χ4v) is 3.30. The van der Waals surface area contributed by atoms with Crippen molar-refractivity contribution in [3.63, 3.8) is 0 Å². The monoisotopic (exact) mass is 414 g/mol. The smallest absolute Gasteiger partial charge is 0.175 e. The van der Waals surface area contributed by atoms with Gasteiger partial charge in [-0.1, -0.05) is 42.5 Å². The lowest BCUT2D eigenvalue weighted by Gasteiger charge is -2.12. The molecule has 0 saturated carbocycles. The van der Waals surface area contributed by atoms with Gasteiger partial charge in [0, 0.05) is 29.6 Å². The zero-order valence-corrected chi connectivity index (χ0v) is 17.2. The van der Waals surface area contributed by atoms with Gasteiger partial charge in [-0.15, -0.1) is 0 Å². The maximum absolute atomic E-state index is 6.03. The number of nitrogens with zero attached hydrogens (tertiary/aromatic N) is 1. The molecule has 0 radical (unpaired) electrons. The number of para-hydroxylation sites is 2. The second-order valence-electron chi connectivity index (χ2n) is 6.69. The van der Waals surface area contributed by atoms with Crippen LogP contribution < -0.4 is 15.4 Å². The Hall–Kier alpha value is -3.64. The van der Waals surface area contributed by atoms with E-state index in [9.17, 15) is 0 Å². The van der Waals surface area contributed by atoms with Gasteiger partial charge in [-0.05, 0) is 54.2 Å². The normalized spacial score (nSPS) is 10.4. The minimum absolute atomic E-state index is 0.562. The second kappa shape index (κ2) is 9.71. The van der Waals surface area contributed by atoms with E-state index in [0.717, 1.165) is 34.8 Å². The van der Waals surface area contributed by atoms with Gasteiger partial charge >= 0.3 is 0 Å². The summed E-state index contributed by atoms with van der Waals surface area (Å²) in [6.45, 7) is 0.586. The van der Waals surface area contributed by atoms with E-state index < -0.39 is 0 Å². The topological polar surface area (TPSA) is 62.0 Å². The molecular weight excluding hydrogens is 392 g/mol. The van der Waals surface area contributed by atoms with Gasteiger partial charge in [-0.2, -0.15) is 0 Å². The lowest BCUT2D eigenvalue weighted by Crippen LogP contribution is -2.18. The highest BCUT2D eigenvalue weighted by atomic mass is 32.1. The number of imidazole rings is 1. The van der Waals surface area contributed by atoms with Gasteiger partial charge in [0.15, 0.2) is 5.11 Å². The molecule has 3 aromatic carbocycles. The molecule has 0 saturated heterocycles. The molecule has 0 fully saturated rings. The van der Waals surface area contributed by atoms with E-state index in [4.69, 9.17) is 17.0 Å². The molecule has 4 rings (SSSR count). The Morgan fingerprint density at radius 2 is 1.57 bits per heavy atom. The molecule has 0 bridgehead atoms. The van der Waals surface area contributed by atoms with Crippen molar-refractivity contribution in [2.75, 3.05) is 17.2 Å². The number of aromatic nitrogens is 2. The number of benzene rings is 3. The van der Waals surface area contributed by atoms with Crippen molar-refractivity contribution < 1.29 is 4.74 Å². The third-order valence-electron chi connectivity index (χ3n) is 4.55. The first-order valence-corrected chi connectivity index (χ1v) is 10.1. The van der Waals surface area contributed by atoms with E-state index in [1.54, 1.807) is 6.33 Å². The predicted octanol–water partition coefficient (Wildman–Crippen LogP) is 5.51. The van der Waals surface area contributed by atoms with Crippen molar-refractivity contribution in [2.24, 2.45) is 0 Å². The van der Waals surface area contributed by atoms with Crippen molar-refractivity contribution in [3.05, 3.63) is 97.0 Å². The molecule has 6 heteroatoms. The van der Waals surface area contributed by atoms with Crippen LogP contribution in [0.15, 0.2) is 91.4 Å². The fourth-order valence-electron chi connectivity index (χ4n) is 3.06. The molecule has 0 aliphatic rings. The molecule has 0 unspecified atom stereocenters. The number of H-pyrrole nitrogens is 1. The molecular formula is C24H22N4OS. The van der Waals surface area contributed by atoms with E-state index >= 15 is 0 Å². The average molecular weight is 415 g/mol. The second-order valence-corrected chi connectivity index (χ2v) is 7.10. The van der Waals surface area contributed by atoms with E-state index in [2.05, 4.69) is 32.7 Å². The maximum Gasteiger partial charge on any atom is 0.175 e. The Kier molecular flexibility index (Phi) is 6.37. The lowest BCUT2D eigenvalue weighted by molar-refractivity contribution is 0.323. The minimum Gasteiger partial charge on any atom is -0.493 e. The summed E-state index contributed by atoms with van der Waals surface area (Å²) in [6.07, 6.45) is 4.34. The number of rotatable bonds is 7. The Morgan fingerprint density at radius 3 is 2.30 bits per heavy atom. The van der Waals surface area contributed by atoms with E-state index in [1.165, 1.54) is 5.56 Å². The first-order valence-electron chi connectivity index (χ1n) is 9.71. The van der Waals surface area contributed by atoms with Gasteiger partial charge in [-0.3, -0.25) is 0 Å². The Balaban J connectivity index is 1.29. The van der Waals surface area contributed by atoms with Crippen LogP contribution in [0.1, 0.15) is 5.56 Å². The molecule has 0 aliphatic heterocycles. The van der Waals surface area contributed by atoms with Crippen molar-refractivity contribution in [1.82, 2.24) is 9.97 Å². The minimum atomic E-state index is 0.562. The number of nitrogens with one attached hydrogen (secondary N) is 3. The Labute approximate surface area is 181 Å². The van der Waals surface area contributed by atoms with Crippen LogP contribution in [0, 0.1) is 0 Å². The number of ether oxygens (including phenoxy) is 1. The Bertz CT molecular complexity index is 1080. The SMILES string of the molecule is S=C(Nc1ccccc1)Nc1ccc(CCOc2ccccc2-c2c[nH]cn2)cc1. The fraction of sp³-hybridized carbons (Fsp3) is 0.0833. The van der Waals surface area contributed by atoms with Crippen molar-refractivity contribution in [2.45, 2.75) is 6.42 Å². The number of hydrogen-bond acceptors (Lipinski definition) is 3. The quantitative estimate of drug-likeness (QED) is 0.348. The molecule has 0 spiro atoms. The van der Waals surface area contributed by atoms with E-state index in [0.29, 0.717) is 11.7 Å². The molecule has 1 heterocycles. The molecule has 30 heavy (non-hydrogen) atoms. The number of anilines is 2. The molecule has 150 valence electrons. The predicted molar refractivity (Wildman–Crippen MR) is 126 cm³/mol. The van der Waals surface area contributed by atoms with Gasteiger partial charge in [0.1, 0.15) is 5.75 Å². The first kappa shape index (κ1) is 19.7. The summed E-state index contributed by atoms with van der Waals surface area (Å²) in [6, 6.07) is 26.0. The van der Waals surface area contributed by atoms with Crippen molar-refractivity contribution in [3.8, 4) is 17.0 Å². The standard InChI is InChI=1S/C24H22N4OS/c30-24(27-19-6-2-1-3-7-19)28-20-12-10-18(11-13-20)14-15-29-23-9-5-4-8-21(23)22-16-25-17-26-22/h1-13,16-17H,14-15H2,(H,25,26)(H2,27,28,30). The van der Waals surface area contributed by atoms with Gasteiger partial charge < -0.3 is 20.4 Å². The summed E-state index contributed by atoms with van der Waals surface area (Å²) in [4.78, 5) is 7.30. The van der Waals surface area contributed by atoms with Crippen LogP contribution in [0.25, 0.3) is 11.3 Å². The third-order valence-corrected chi connectivity index (χ3v) is 4.76. The van der Waals surface area contributed by atoms with Crippen LogP contribution in [0.5, 0.6) is 5.75 Å². The molecule has 0 amide bonds. The third kappa shape index (κ3) is 5.24. The maximum atomic E-state index is 6.03. The van der Waals surface area contributed by atoms with Crippen LogP contribution >= 0.6 is 12.2 Å². The zero-order valence-electron chi connectivity index (χ0n) is 16.3. The number of aromatic amines is 1. The van der Waals surface area contributed by atoms with Gasteiger partial charge in [0.05, 0.1) is 18.6 Å². The van der Waals surface area contributed by atoms with Crippen LogP contribution in [0.2, 0.25) is 0 Å². The highest BCUT2D eigenvalue weighted by molar-refractivity contribution is 7.80. The lowest BCUT2D eigenvalue weighted by atomic mass is 10.1. The summed E-state index contributed by atoms with van der Waals surface area (Å²) in [5.41, 5.74) is 4.95. The first-order chi connectivity index (χ1) is 14.8. The molecule has 1 aromatic heterocycles. The Morgan fingerprint density at radius 1 is 0.867 bits per heavy atom. The highest BCUT2D eigenvalue weighted by Gasteiger charge is 2.07. The summed E-state index contributed by atoms with van der Waals surface area (Å²) < 4.78 is 6.03. The van der Waals surface area contributed by atoms with Crippen LogP contribution in [0.3, 0.4) is 0 Å². The molecule has 5 nitrogen and oxygen atoms in total. The van der Waals surface area contributed by atoms with Crippen LogP contribution in [-0.4, -0.2) is 21.7 Å². The molecule has 0 aliphatic carbocycles. The molecule has 0 atom stereocenters. The summed E-state index contributed by atoms with van der Waals surface area (Å²) in [7, 11) is 0. The summed E-state index contributed by atoms with van der Waals surface area (Å²) in [5.74, 6) is 0.834. The van der Waals surface area contributed by atoms with E-state index in [1.807, 2.05) is 72.9 Å². The van der Waals surface area contributed by atoms with Gasteiger partial charge in [0.25, 0.3) is 0 Å². The number of hydrogen-bond donors (Lipinski definition) is 3. The highest BCUT2D eigenvalue weighted by Crippen LogP contribution is 2.28. The van der Waals surface area contributed by atoms with Gasteiger partial charge in [0.2, 0.25) is 0 Å². The van der Waals surface area contributed by atoms with Crippen molar-refractivity contribution >= 4 is 28.7 Å². The van der Waals surface area contributed by atoms with Crippen LogP contribution in [-0.2, 0) is 6.42 Å². The zero-order chi connectivity index (χ0) is 20.6. The molecule has 3 N–H and O–H groups in total. The average Bonchev–Trinajstić information content (AvgIpc) is 3.31. The summed E-state index contributed by atoms with van der Waals surface area (Å²) in [5, 5.41) is 6.93. The summed E-state index contributed by atoms with van der Waals surface area (Å²) >= 11 is 5.37. The van der Waals surface area contributed by atoms with Crippen molar-refractivity contribution in [1.29, 1.82) is 0 Å². The van der Waals surface area contributed by atoms with E-state index in [-0.39, 0.29) is 0 Å². The molecule has 4 aromatic rings. The number of thiocarbonyl (C=S) groups is 1.